The number of benzene rings is 3. The van der Waals surface area contributed by atoms with Crippen molar-refractivity contribution in [2.45, 2.75) is 12.1 Å². The molecule has 0 unspecified atom stereocenters. The molecule has 6 rings (SSSR count). The fourth-order valence-electron chi connectivity index (χ4n) is 4.30. The molecule has 31 heavy (non-hydrogen) atoms. The van der Waals surface area contributed by atoms with Gasteiger partial charge in [-0.2, -0.15) is 10.1 Å². The van der Waals surface area contributed by atoms with E-state index in [0.29, 0.717) is 0 Å². The van der Waals surface area contributed by atoms with Crippen LogP contribution in [-0.4, -0.2) is 14.8 Å². The van der Waals surface area contributed by atoms with Crippen molar-refractivity contribution < 1.29 is 4.74 Å². The van der Waals surface area contributed by atoms with Gasteiger partial charge in [0, 0.05) is 20.1 Å². The zero-order chi connectivity index (χ0) is 20.9. The Labute approximate surface area is 196 Å². The van der Waals surface area contributed by atoms with Crippen molar-refractivity contribution in [2.75, 3.05) is 5.32 Å². The third-order valence-corrected chi connectivity index (χ3v) is 6.74. The van der Waals surface area contributed by atoms with Crippen LogP contribution in [0, 0.1) is 0 Å². The highest BCUT2D eigenvalue weighted by atomic mass is 79.9. The van der Waals surface area contributed by atoms with Crippen LogP contribution in [0.2, 0.25) is 0 Å². The smallest absolute Gasteiger partial charge is 0.226 e. The van der Waals surface area contributed by atoms with E-state index in [0.717, 1.165) is 48.6 Å². The van der Waals surface area contributed by atoms with E-state index in [1.165, 1.54) is 0 Å². The maximum absolute atomic E-state index is 6.61. The third kappa shape index (κ3) is 3.11. The largest absolute Gasteiger partial charge is 0.480 e. The van der Waals surface area contributed by atoms with Crippen molar-refractivity contribution >= 4 is 43.5 Å². The topological polar surface area (TPSA) is 52.0 Å². The summed E-state index contributed by atoms with van der Waals surface area (Å²) < 4.78 is 10.6. The van der Waals surface area contributed by atoms with E-state index in [-0.39, 0.29) is 12.1 Å². The second-order valence-electron chi connectivity index (χ2n) is 7.48. The fourth-order valence-corrected chi connectivity index (χ4v) is 4.82. The number of hydrogen-bond donors (Lipinski definition) is 1. The van der Waals surface area contributed by atoms with Crippen molar-refractivity contribution in [1.82, 2.24) is 14.8 Å². The van der Waals surface area contributed by atoms with Crippen molar-refractivity contribution in [2.24, 2.45) is 0 Å². The minimum atomic E-state index is -0.267. The lowest BCUT2D eigenvalue weighted by Gasteiger charge is -2.39. The first-order chi connectivity index (χ1) is 15.2. The first-order valence-corrected chi connectivity index (χ1v) is 11.5. The normalized spacial score (nSPS) is 19.0. The van der Waals surface area contributed by atoms with Gasteiger partial charge in [0.1, 0.15) is 24.2 Å². The Morgan fingerprint density at radius 1 is 0.839 bits per heavy atom. The van der Waals surface area contributed by atoms with E-state index in [1.54, 1.807) is 6.33 Å². The number of aromatic nitrogens is 3. The Balaban J connectivity index is 1.62. The van der Waals surface area contributed by atoms with E-state index in [4.69, 9.17) is 4.74 Å². The monoisotopic (exact) mass is 534 g/mol. The lowest BCUT2D eigenvalue weighted by Crippen LogP contribution is -2.32. The predicted molar refractivity (Wildman–Crippen MR) is 127 cm³/mol. The van der Waals surface area contributed by atoms with Crippen LogP contribution in [0.25, 0.3) is 5.70 Å². The molecule has 2 aliphatic rings. The Bertz CT molecular complexity index is 1310. The number of ether oxygens (including phenoxy) is 1. The molecule has 2 aliphatic heterocycles. The molecule has 7 heteroatoms. The Hall–Kier alpha value is -2.90. The number of anilines is 1. The molecule has 0 bridgehead atoms. The zero-order valence-corrected chi connectivity index (χ0v) is 19.3. The SMILES string of the molecule is Brc1ccc([C@@H]2Oc3ccccc3C3=C2[C@H](c2ccc(Br)cc2)n2ncnc2N3)cc1. The zero-order valence-electron chi connectivity index (χ0n) is 16.2. The van der Waals surface area contributed by atoms with Gasteiger partial charge in [0.25, 0.3) is 0 Å². The first-order valence-electron chi connectivity index (χ1n) is 9.86. The molecule has 0 saturated carbocycles. The highest BCUT2D eigenvalue weighted by molar-refractivity contribution is 9.10. The molecule has 0 aliphatic carbocycles. The van der Waals surface area contributed by atoms with Gasteiger partial charge in [0.15, 0.2) is 0 Å². The van der Waals surface area contributed by atoms with Gasteiger partial charge in [-0.3, -0.25) is 0 Å². The average Bonchev–Trinajstić information content (AvgIpc) is 3.27. The van der Waals surface area contributed by atoms with E-state index in [2.05, 4.69) is 89.7 Å². The summed E-state index contributed by atoms with van der Waals surface area (Å²) >= 11 is 7.09. The van der Waals surface area contributed by atoms with Crippen LogP contribution in [0.5, 0.6) is 5.75 Å². The maximum atomic E-state index is 6.61. The number of hydrogen-bond acceptors (Lipinski definition) is 4. The number of nitrogens with zero attached hydrogens (tertiary/aromatic N) is 3. The molecule has 0 amide bonds. The van der Waals surface area contributed by atoms with Crippen LogP contribution >= 0.6 is 31.9 Å². The van der Waals surface area contributed by atoms with Crippen LogP contribution < -0.4 is 10.1 Å². The molecule has 0 spiro atoms. The van der Waals surface area contributed by atoms with Gasteiger partial charge >= 0.3 is 0 Å². The second kappa shape index (κ2) is 7.35. The number of halogens is 2. The van der Waals surface area contributed by atoms with Crippen molar-refractivity contribution in [3.63, 3.8) is 0 Å². The highest BCUT2D eigenvalue weighted by Crippen LogP contribution is 2.50. The summed E-state index contributed by atoms with van der Waals surface area (Å²) in [5.74, 6) is 1.57. The van der Waals surface area contributed by atoms with Gasteiger partial charge in [-0.1, -0.05) is 68.3 Å². The predicted octanol–water partition coefficient (Wildman–Crippen LogP) is 6.36. The van der Waals surface area contributed by atoms with E-state index in [1.807, 2.05) is 35.0 Å². The third-order valence-electron chi connectivity index (χ3n) is 5.68. The number of para-hydroxylation sites is 1. The Morgan fingerprint density at radius 2 is 1.52 bits per heavy atom. The van der Waals surface area contributed by atoms with E-state index < -0.39 is 0 Å². The molecule has 4 aromatic rings. The minimum absolute atomic E-state index is 0.149. The fraction of sp³-hybridized carbons (Fsp3) is 0.0833. The summed E-state index contributed by atoms with van der Waals surface area (Å²) in [6.45, 7) is 0. The van der Waals surface area contributed by atoms with Crippen LogP contribution in [0.3, 0.4) is 0 Å². The maximum Gasteiger partial charge on any atom is 0.226 e. The number of fused-ring (bicyclic) bond motifs is 3. The lowest BCUT2D eigenvalue weighted by molar-refractivity contribution is 0.223. The molecule has 5 nitrogen and oxygen atoms in total. The molecule has 0 saturated heterocycles. The first kappa shape index (κ1) is 18.8. The van der Waals surface area contributed by atoms with Crippen molar-refractivity contribution in [1.29, 1.82) is 0 Å². The van der Waals surface area contributed by atoms with Crippen molar-refractivity contribution in [3.8, 4) is 5.75 Å². The Kier molecular flexibility index (Phi) is 4.47. The minimum Gasteiger partial charge on any atom is -0.480 e. The molecule has 3 heterocycles. The van der Waals surface area contributed by atoms with Crippen LogP contribution in [0.15, 0.2) is 93.6 Å². The van der Waals surface area contributed by atoms with Gasteiger partial charge in [-0.25, -0.2) is 4.68 Å². The summed E-state index contributed by atoms with van der Waals surface area (Å²) in [5.41, 5.74) is 5.37. The number of nitrogens with one attached hydrogen (secondary N) is 1. The Morgan fingerprint density at radius 3 is 2.26 bits per heavy atom. The van der Waals surface area contributed by atoms with Crippen LogP contribution in [0.4, 0.5) is 5.95 Å². The summed E-state index contributed by atoms with van der Waals surface area (Å²) in [6, 6.07) is 24.6. The van der Waals surface area contributed by atoms with Gasteiger partial charge in [-0.05, 0) is 47.5 Å². The molecular formula is C24H16Br2N4O. The summed E-state index contributed by atoms with van der Waals surface area (Å²) in [5, 5.41) is 8.09. The van der Waals surface area contributed by atoms with Gasteiger partial charge in [0.2, 0.25) is 5.95 Å². The highest BCUT2D eigenvalue weighted by Gasteiger charge is 2.40. The molecule has 2 atom stereocenters. The molecule has 3 aromatic carbocycles. The van der Waals surface area contributed by atoms with Crippen LogP contribution in [0.1, 0.15) is 28.8 Å². The van der Waals surface area contributed by atoms with Crippen LogP contribution in [-0.2, 0) is 0 Å². The van der Waals surface area contributed by atoms with Gasteiger partial charge in [0.05, 0.1) is 5.70 Å². The summed E-state index contributed by atoms with van der Waals surface area (Å²) in [7, 11) is 0. The average molecular weight is 536 g/mol. The summed E-state index contributed by atoms with van der Waals surface area (Å²) in [4.78, 5) is 4.47. The van der Waals surface area contributed by atoms with E-state index in [9.17, 15) is 0 Å². The molecule has 1 N–H and O–H groups in total. The van der Waals surface area contributed by atoms with E-state index >= 15 is 0 Å². The standard InChI is InChI=1S/C24H16Br2N4O/c25-16-9-5-14(6-10-16)22-20-21(29-24-27-13-28-30(22)24)18-3-1-2-4-19(18)31-23(20)15-7-11-17(26)12-8-15/h1-13,22-23H,(H,27,28,29)/t22-,23-/m0/s1. The lowest BCUT2D eigenvalue weighted by atomic mass is 9.85. The summed E-state index contributed by atoms with van der Waals surface area (Å²) in [6.07, 6.45) is 1.32. The van der Waals surface area contributed by atoms with Gasteiger partial charge < -0.3 is 10.1 Å². The second-order valence-corrected chi connectivity index (χ2v) is 9.31. The quantitative estimate of drug-likeness (QED) is 0.324. The molecular weight excluding hydrogens is 520 g/mol. The molecule has 0 fully saturated rings. The van der Waals surface area contributed by atoms with Gasteiger partial charge in [-0.15, -0.1) is 0 Å². The molecule has 1 aromatic heterocycles. The number of rotatable bonds is 2. The molecule has 0 radical (unpaired) electrons. The van der Waals surface area contributed by atoms with Crippen molar-refractivity contribution in [3.05, 3.63) is 110 Å². The molecule has 152 valence electrons.